The van der Waals surface area contributed by atoms with Crippen LogP contribution < -0.4 is 9.47 Å². The van der Waals surface area contributed by atoms with Gasteiger partial charge in [-0.1, -0.05) is 0 Å². The molecular formula is C16H15FO3. The number of aryl methyl sites for hydroxylation is 1. The maximum Gasteiger partial charge on any atom is 0.200 e. The van der Waals surface area contributed by atoms with Gasteiger partial charge in [0.25, 0.3) is 0 Å². The zero-order valence-corrected chi connectivity index (χ0v) is 11.4. The van der Waals surface area contributed by atoms with E-state index in [0.29, 0.717) is 22.6 Å². The van der Waals surface area contributed by atoms with Crippen molar-refractivity contribution in [3.63, 3.8) is 0 Å². The van der Waals surface area contributed by atoms with E-state index in [4.69, 9.17) is 9.47 Å². The van der Waals surface area contributed by atoms with Crippen molar-refractivity contribution in [1.82, 2.24) is 0 Å². The van der Waals surface area contributed by atoms with Crippen molar-refractivity contribution in [2.24, 2.45) is 0 Å². The minimum absolute atomic E-state index is 0.0845. The molecule has 0 unspecified atom stereocenters. The molecule has 4 heteroatoms. The van der Waals surface area contributed by atoms with E-state index in [2.05, 4.69) is 0 Å². The van der Waals surface area contributed by atoms with E-state index in [9.17, 15) is 9.18 Å². The second-order valence-corrected chi connectivity index (χ2v) is 4.35. The van der Waals surface area contributed by atoms with Gasteiger partial charge in [0, 0.05) is 5.56 Å². The summed E-state index contributed by atoms with van der Waals surface area (Å²) in [5.74, 6) is 0.734. The van der Waals surface area contributed by atoms with Crippen molar-refractivity contribution >= 4 is 5.78 Å². The summed E-state index contributed by atoms with van der Waals surface area (Å²) >= 11 is 0. The van der Waals surface area contributed by atoms with Gasteiger partial charge >= 0.3 is 0 Å². The number of Topliss-reactive ketones (excluding diaryl/α,β-unsaturated/α-hetero) is 1. The third-order valence-electron chi connectivity index (χ3n) is 2.91. The van der Waals surface area contributed by atoms with Crippen molar-refractivity contribution < 1.29 is 18.7 Å². The molecule has 104 valence electrons. The predicted molar refractivity (Wildman–Crippen MR) is 74.0 cm³/mol. The molecule has 2 aromatic carbocycles. The molecule has 0 aliphatic rings. The fraction of sp³-hybridized carbons (Fsp3) is 0.188. The Labute approximate surface area is 117 Å². The van der Waals surface area contributed by atoms with E-state index in [1.54, 1.807) is 38.3 Å². The van der Waals surface area contributed by atoms with Gasteiger partial charge in [-0.15, -0.1) is 0 Å². The fourth-order valence-corrected chi connectivity index (χ4v) is 1.78. The summed E-state index contributed by atoms with van der Waals surface area (Å²) in [6, 6.07) is 11.0. The quantitative estimate of drug-likeness (QED) is 0.784. The molecule has 0 heterocycles. The number of carbonyl (C=O) groups excluding carboxylic acids is 1. The lowest BCUT2D eigenvalue weighted by Gasteiger charge is -2.08. The Bertz CT molecular complexity index is 606. The van der Waals surface area contributed by atoms with Crippen LogP contribution in [-0.2, 0) is 0 Å². The summed E-state index contributed by atoms with van der Waals surface area (Å²) in [6.45, 7) is 1.65. The molecule has 0 bridgehead atoms. The third-order valence-corrected chi connectivity index (χ3v) is 2.91. The molecule has 2 rings (SSSR count). The number of ketones is 1. The van der Waals surface area contributed by atoms with Crippen LogP contribution in [0.15, 0.2) is 42.5 Å². The maximum atomic E-state index is 12.9. The summed E-state index contributed by atoms with van der Waals surface area (Å²) in [5, 5.41) is 0. The minimum Gasteiger partial charge on any atom is -0.497 e. The Hall–Kier alpha value is -2.36. The third kappa shape index (κ3) is 3.35. The lowest BCUT2D eigenvalue weighted by atomic mass is 10.1. The van der Waals surface area contributed by atoms with Gasteiger partial charge in [-0.25, -0.2) is 4.39 Å². The largest absolute Gasteiger partial charge is 0.497 e. The van der Waals surface area contributed by atoms with Gasteiger partial charge in [0.1, 0.15) is 17.3 Å². The van der Waals surface area contributed by atoms with Crippen LogP contribution in [-0.4, -0.2) is 19.5 Å². The Morgan fingerprint density at radius 1 is 1.15 bits per heavy atom. The molecule has 0 radical (unpaired) electrons. The molecule has 20 heavy (non-hydrogen) atoms. The number of methoxy groups -OCH3 is 1. The molecule has 0 saturated carbocycles. The zero-order valence-electron chi connectivity index (χ0n) is 11.4. The number of carbonyl (C=O) groups is 1. The number of ether oxygens (including phenoxy) is 2. The van der Waals surface area contributed by atoms with Crippen LogP contribution in [0.1, 0.15) is 15.9 Å². The maximum absolute atomic E-state index is 12.9. The van der Waals surface area contributed by atoms with E-state index in [1.807, 2.05) is 0 Å². The molecule has 0 N–H and O–H groups in total. The van der Waals surface area contributed by atoms with Gasteiger partial charge in [-0.2, -0.15) is 0 Å². The van der Waals surface area contributed by atoms with Crippen LogP contribution in [0.4, 0.5) is 4.39 Å². The van der Waals surface area contributed by atoms with Gasteiger partial charge in [0.15, 0.2) is 12.4 Å². The van der Waals surface area contributed by atoms with Crippen LogP contribution in [0, 0.1) is 12.7 Å². The second-order valence-electron chi connectivity index (χ2n) is 4.35. The molecule has 0 spiro atoms. The standard InChI is InChI=1S/C16H15FO3/c1-11-9-13(17)5-8-16(11)20-10-15(18)12-3-6-14(19-2)7-4-12/h3-9H,10H2,1-2H3. The Morgan fingerprint density at radius 2 is 1.85 bits per heavy atom. The van der Waals surface area contributed by atoms with Crippen molar-refractivity contribution in [2.45, 2.75) is 6.92 Å². The molecular weight excluding hydrogens is 259 g/mol. The summed E-state index contributed by atoms with van der Waals surface area (Å²) in [7, 11) is 1.57. The number of rotatable bonds is 5. The van der Waals surface area contributed by atoms with E-state index < -0.39 is 0 Å². The van der Waals surface area contributed by atoms with E-state index in [1.165, 1.54) is 18.2 Å². The van der Waals surface area contributed by atoms with Crippen molar-refractivity contribution in [3.05, 3.63) is 59.4 Å². The first-order valence-corrected chi connectivity index (χ1v) is 6.16. The molecule has 0 saturated heterocycles. The number of hydrogen-bond donors (Lipinski definition) is 0. The van der Waals surface area contributed by atoms with Gasteiger partial charge in [0.2, 0.25) is 0 Å². The van der Waals surface area contributed by atoms with Gasteiger partial charge in [0.05, 0.1) is 7.11 Å². The molecule has 0 aliphatic carbocycles. The first-order chi connectivity index (χ1) is 9.60. The van der Waals surface area contributed by atoms with Crippen molar-refractivity contribution in [2.75, 3.05) is 13.7 Å². The number of benzene rings is 2. The Kier molecular flexibility index (Phi) is 4.35. The van der Waals surface area contributed by atoms with E-state index in [-0.39, 0.29) is 18.2 Å². The summed E-state index contributed by atoms with van der Waals surface area (Å²) in [5.41, 5.74) is 1.21. The summed E-state index contributed by atoms with van der Waals surface area (Å²) in [4.78, 5) is 12.0. The topological polar surface area (TPSA) is 35.5 Å². The van der Waals surface area contributed by atoms with E-state index in [0.717, 1.165) is 0 Å². The van der Waals surface area contributed by atoms with Crippen molar-refractivity contribution in [3.8, 4) is 11.5 Å². The summed E-state index contributed by atoms with van der Waals surface area (Å²) < 4.78 is 23.4. The Balaban J connectivity index is 2.00. The van der Waals surface area contributed by atoms with Gasteiger partial charge in [-0.05, 0) is 55.0 Å². The first-order valence-electron chi connectivity index (χ1n) is 6.16. The SMILES string of the molecule is COc1ccc(C(=O)COc2ccc(F)cc2C)cc1. The molecule has 0 atom stereocenters. The highest BCUT2D eigenvalue weighted by atomic mass is 19.1. The Morgan fingerprint density at radius 3 is 2.45 bits per heavy atom. The minimum atomic E-state index is -0.323. The van der Waals surface area contributed by atoms with Crippen molar-refractivity contribution in [1.29, 1.82) is 0 Å². The molecule has 0 amide bonds. The molecule has 3 nitrogen and oxygen atoms in total. The number of hydrogen-bond acceptors (Lipinski definition) is 3. The van der Waals surface area contributed by atoms with Crippen LogP contribution in [0.3, 0.4) is 0 Å². The summed E-state index contributed by atoms with van der Waals surface area (Å²) in [6.07, 6.45) is 0. The average molecular weight is 274 g/mol. The lowest BCUT2D eigenvalue weighted by molar-refractivity contribution is 0.0921. The number of halogens is 1. The normalized spacial score (nSPS) is 10.2. The molecule has 0 fully saturated rings. The van der Waals surface area contributed by atoms with Crippen LogP contribution in [0.5, 0.6) is 11.5 Å². The highest BCUT2D eigenvalue weighted by molar-refractivity contribution is 5.97. The van der Waals surface area contributed by atoms with E-state index >= 15 is 0 Å². The van der Waals surface area contributed by atoms with Crippen LogP contribution >= 0.6 is 0 Å². The predicted octanol–water partition coefficient (Wildman–Crippen LogP) is 3.40. The fourth-order valence-electron chi connectivity index (χ4n) is 1.78. The first kappa shape index (κ1) is 14.1. The second kappa shape index (κ2) is 6.19. The molecule has 0 aliphatic heterocycles. The van der Waals surface area contributed by atoms with Gasteiger partial charge < -0.3 is 9.47 Å². The smallest absolute Gasteiger partial charge is 0.200 e. The average Bonchev–Trinajstić information content (AvgIpc) is 2.46. The van der Waals surface area contributed by atoms with Crippen LogP contribution in [0.2, 0.25) is 0 Å². The highest BCUT2D eigenvalue weighted by Gasteiger charge is 2.08. The van der Waals surface area contributed by atoms with Crippen LogP contribution in [0.25, 0.3) is 0 Å². The highest BCUT2D eigenvalue weighted by Crippen LogP contribution is 2.19. The zero-order chi connectivity index (χ0) is 14.5. The van der Waals surface area contributed by atoms with Gasteiger partial charge in [-0.3, -0.25) is 4.79 Å². The molecule has 2 aromatic rings. The lowest BCUT2D eigenvalue weighted by Crippen LogP contribution is -2.12. The monoisotopic (exact) mass is 274 g/mol. The molecule has 0 aromatic heterocycles.